The Morgan fingerprint density at radius 1 is 0.963 bits per heavy atom. The minimum Gasteiger partial charge on any atom is -0.508 e. The smallest absolute Gasteiger partial charge is 0.423 e. The Labute approximate surface area is 314 Å². The molecular weight excluding hydrogens is 760 g/mol. The van der Waals surface area contributed by atoms with Gasteiger partial charge >= 0.3 is 12.3 Å². The molecule has 13 nitrogen and oxygen atoms in total. The number of allylic oxidation sites excluding steroid dienone is 2. The highest BCUT2D eigenvalue weighted by molar-refractivity contribution is 6.33. The molecule has 7 rings (SSSR count). The van der Waals surface area contributed by atoms with Gasteiger partial charge in [-0.3, -0.25) is 24.6 Å². The number of alkyl halides is 3. The molecular formula is C36H29Cl2F3N4O9. The molecule has 2 saturated heterocycles. The van der Waals surface area contributed by atoms with E-state index in [1.165, 1.54) is 38.5 Å². The van der Waals surface area contributed by atoms with Crippen LogP contribution in [-0.2, 0) is 35.5 Å². The summed E-state index contributed by atoms with van der Waals surface area (Å²) in [6.07, 6.45) is -4.02. The molecule has 18 heteroatoms. The fourth-order valence-electron chi connectivity index (χ4n) is 8.58. The molecule has 54 heavy (non-hydrogen) atoms. The molecule has 3 heterocycles. The molecule has 0 unspecified atom stereocenters. The van der Waals surface area contributed by atoms with Gasteiger partial charge in [-0.15, -0.1) is 0 Å². The number of halogens is 5. The summed E-state index contributed by atoms with van der Waals surface area (Å²) in [5.41, 5.74) is 0.365. The number of benzene rings is 2. The third kappa shape index (κ3) is 5.36. The number of phenolic OH excluding ortho intramolecular Hbond substituents is 1. The number of nitrogens with zero attached hydrogens (tertiary/aromatic N) is 3. The van der Waals surface area contributed by atoms with Crippen molar-refractivity contribution in [3.8, 4) is 17.2 Å². The number of anilines is 1. The molecule has 2 aliphatic heterocycles. The van der Waals surface area contributed by atoms with Gasteiger partial charge in [0.05, 0.1) is 55.1 Å². The number of likely N-dealkylation sites (tertiary alicyclic amines) is 1. The van der Waals surface area contributed by atoms with Crippen LogP contribution in [0.5, 0.6) is 17.2 Å². The van der Waals surface area contributed by atoms with Gasteiger partial charge in [0.1, 0.15) is 17.2 Å². The number of fused-ring (bicyclic) bond motifs is 4. The van der Waals surface area contributed by atoms with Crippen LogP contribution in [0.15, 0.2) is 60.3 Å². The molecule has 2 aliphatic carbocycles. The lowest BCUT2D eigenvalue weighted by molar-refractivity contribution is -0.140. The summed E-state index contributed by atoms with van der Waals surface area (Å²) in [6, 6.07) is 9.28. The number of hydrogen-bond donors (Lipinski definition) is 2. The second kappa shape index (κ2) is 13.2. The van der Waals surface area contributed by atoms with Gasteiger partial charge in [0.25, 0.3) is 11.8 Å². The van der Waals surface area contributed by atoms with Crippen LogP contribution in [-0.4, -0.2) is 71.1 Å². The molecule has 282 valence electrons. The highest BCUT2D eigenvalue weighted by Gasteiger charge is 2.71. The minimum absolute atomic E-state index is 0.0374. The topological polar surface area (TPSA) is 165 Å². The largest absolute Gasteiger partial charge is 0.508 e. The number of amides is 5. The maximum atomic E-state index is 15.4. The van der Waals surface area contributed by atoms with Crippen molar-refractivity contribution in [3.63, 3.8) is 0 Å². The van der Waals surface area contributed by atoms with E-state index in [4.69, 9.17) is 37.4 Å². The van der Waals surface area contributed by atoms with E-state index in [0.717, 1.165) is 7.11 Å². The molecule has 3 fully saturated rings. The van der Waals surface area contributed by atoms with Gasteiger partial charge in [0.2, 0.25) is 11.8 Å². The fraction of sp³-hybridized carbons (Fsp3) is 0.333. The number of carbonyl (C=O) groups is 5. The molecule has 4 aliphatic rings. The summed E-state index contributed by atoms with van der Waals surface area (Å²) >= 11 is 12.5. The van der Waals surface area contributed by atoms with Crippen LogP contribution < -0.4 is 14.9 Å². The second-order valence-electron chi connectivity index (χ2n) is 13.2. The van der Waals surface area contributed by atoms with Crippen LogP contribution in [0.1, 0.15) is 35.4 Å². The number of phenols is 1. The standard InChI is InChI=1S/C36H29Cl2F3N4O9/c1-52-24-11-18(46)12-25(53-2)27(24)28-19-8-9-20-26(32(49)44(30(20)47)34(51)54-3)21(19)13-22-31(48)45(33(50)35(22,28)15-4-6-17(37)7-5-15)43-29-23(38)10-16(14-42-29)36(39,40)41/h4-8,10-12,14,20-22,26,28,46H,9,13H2,1-3H3,(H,42,43)/t20-,21+,22-,26-,28+,35+/m0/s1. The van der Waals surface area contributed by atoms with Crippen LogP contribution >= 0.6 is 23.2 Å². The molecule has 3 aromatic rings. The molecule has 2 aromatic carbocycles. The van der Waals surface area contributed by atoms with E-state index in [2.05, 4.69) is 10.4 Å². The van der Waals surface area contributed by atoms with E-state index >= 15 is 4.79 Å². The van der Waals surface area contributed by atoms with E-state index in [1.54, 1.807) is 18.2 Å². The van der Waals surface area contributed by atoms with Crippen LogP contribution in [0, 0.1) is 23.7 Å². The zero-order valence-electron chi connectivity index (χ0n) is 28.4. The van der Waals surface area contributed by atoms with Crippen molar-refractivity contribution in [3.05, 3.63) is 87.0 Å². The summed E-state index contributed by atoms with van der Waals surface area (Å²) in [7, 11) is 3.66. The van der Waals surface area contributed by atoms with Crippen LogP contribution in [0.25, 0.3) is 0 Å². The Hall–Kier alpha value is -5.35. The lowest BCUT2D eigenvalue weighted by atomic mass is 9.49. The Morgan fingerprint density at radius 2 is 1.61 bits per heavy atom. The van der Waals surface area contributed by atoms with Crippen molar-refractivity contribution in [2.75, 3.05) is 26.8 Å². The van der Waals surface area contributed by atoms with Crippen molar-refractivity contribution >= 4 is 58.7 Å². The number of hydrazine groups is 1. The van der Waals surface area contributed by atoms with E-state index in [-0.39, 0.29) is 41.2 Å². The molecule has 0 spiro atoms. The number of nitrogens with one attached hydrogen (secondary N) is 1. The van der Waals surface area contributed by atoms with Gasteiger partial charge in [0.15, 0.2) is 5.82 Å². The normalized spacial score (nSPS) is 26.2. The lowest BCUT2D eigenvalue weighted by Crippen LogP contribution is -2.53. The predicted molar refractivity (Wildman–Crippen MR) is 182 cm³/mol. The van der Waals surface area contributed by atoms with Crippen LogP contribution in [0.4, 0.5) is 23.8 Å². The SMILES string of the molecule is COC(=O)N1C(=O)[C@H]2[C@H](CC=C3[C@H]2C[C@H]2C(=O)N(Nc4ncc(C(F)(F)F)cc4Cl)C(=O)[C@@]2(c2ccc(Cl)cc2)[C@H]3c2c(OC)cc(O)cc2OC)C1=O. The first-order chi connectivity index (χ1) is 25.6. The van der Waals surface area contributed by atoms with Crippen LogP contribution in [0.2, 0.25) is 10.0 Å². The average Bonchev–Trinajstić information content (AvgIpc) is 3.52. The first-order valence-corrected chi connectivity index (χ1v) is 17.1. The second-order valence-corrected chi connectivity index (χ2v) is 14.0. The zero-order chi connectivity index (χ0) is 39.0. The molecule has 6 atom stereocenters. The van der Waals surface area contributed by atoms with Gasteiger partial charge in [-0.05, 0) is 42.5 Å². The van der Waals surface area contributed by atoms with Crippen molar-refractivity contribution < 1.29 is 56.5 Å². The molecule has 1 aromatic heterocycles. The van der Waals surface area contributed by atoms with Crippen molar-refractivity contribution in [1.82, 2.24) is 14.9 Å². The summed E-state index contributed by atoms with van der Waals surface area (Å²) < 4.78 is 56.6. The molecule has 5 amide bonds. The monoisotopic (exact) mass is 788 g/mol. The van der Waals surface area contributed by atoms with Crippen LogP contribution in [0.3, 0.4) is 0 Å². The van der Waals surface area contributed by atoms with Gasteiger partial charge in [0, 0.05) is 34.8 Å². The Balaban J connectivity index is 1.49. The third-order valence-corrected chi connectivity index (χ3v) is 11.3. The van der Waals surface area contributed by atoms with Crippen molar-refractivity contribution in [2.24, 2.45) is 23.7 Å². The van der Waals surface area contributed by atoms with Gasteiger partial charge in [-0.2, -0.15) is 23.1 Å². The number of pyridine rings is 1. The van der Waals surface area contributed by atoms with Gasteiger partial charge in [-0.1, -0.05) is 47.0 Å². The third-order valence-electron chi connectivity index (χ3n) is 10.7. The van der Waals surface area contributed by atoms with E-state index in [1.807, 2.05) is 0 Å². The quantitative estimate of drug-likeness (QED) is 0.226. The highest BCUT2D eigenvalue weighted by Crippen LogP contribution is 2.66. The fourth-order valence-corrected chi connectivity index (χ4v) is 8.91. The predicted octanol–water partition coefficient (Wildman–Crippen LogP) is 5.88. The average molecular weight is 790 g/mol. The lowest BCUT2D eigenvalue weighted by Gasteiger charge is -2.51. The van der Waals surface area contributed by atoms with Crippen molar-refractivity contribution in [1.29, 1.82) is 0 Å². The summed E-state index contributed by atoms with van der Waals surface area (Å²) in [5, 5.41) is 11.0. The number of methoxy groups -OCH3 is 3. The molecule has 0 bridgehead atoms. The summed E-state index contributed by atoms with van der Waals surface area (Å²) in [6.45, 7) is 0. The molecule has 2 N–H and O–H groups in total. The van der Waals surface area contributed by atoms with E-state index in [0.29, 0.717) is 32.8 Å². The van der Waals surface area contributed by atoms with Crippen molar-refractivity contribution in [2.45, 2.75) is 30.4 Å². The number of imide groups is 4. The number of ether oxygens (including phenoxy) is 3. The number of aromatic hydroxyl groups is 1. The maximum Gasteiger partial charge on any atom is 0.423 e. The number of carbonyl (C=O) groups excluding carboxylic acids is 5. The van der Waals surface area contributed by atoms with Gasteiger partial charge < -0.3 is 19.3 Å². The number of aromatic nitrogens is 1. The first-order valence-electron chi connectivity index (χ1n) is 16.3. The highest BCUT2D eigenvalue weighted by atomic mass is 35.5. The number of rotatable bonds is 6. The zero-order valence-corrected chi connectivity index (χ0v) is 30.0. The molecule has 1 saturated carbocycles. The Morgan fingerprint density at radius 3 is 2.19 bits per heavy atom. The maximum absolute atomic E-state index is 15.4. The summed E-state index contributed by atoms with van der Waals surface area (Å²) in [4.78, 5) is 74.6. The van der Waals surface area contributed by atoms with E-state index in [9.17, 15) is 37.5 Å². The molecule has 0 radical (unpaired) electrons. The van der Waals surface area contributed by atoms with Gasteiger partial charge in [-0.25, -0.2) is 9.78 Å². The Bertz CT molecular complexity index is 2140. The Kier molecular flexibility index (Phi) is 9.04. The number of hydrogen-bond acceptors (Lipinski definition) is 11. The first kappa shape index (κ1) is 37.0. The van der Waals surface area contributed by atoms with E-state index < -0.39 is 87.3 Å². The minimum atomic E-state index is -4.79. The summed E-state index contributed by atoms with van der Waals surface area (Å²) in [5.74, 6) is -9.68.